The Kier molecular flexibility index (Phi) is 14.6. The van der Waals surface area contributed by atoms with E-state index >= 15 is 0 Å². The van der Waals surface area contributed by atoms with Gasteiger partial charge in [0.05, 0.1) is 11.0 Å². The number of nitrogens with zero attached hydrogens (tertiary/aromatic N) is 3. The average Bonchev–Trinajstić information content (AvgIpc) is 3.30. The first-order chi connectivity index (χ1) is 18.8. The van der Waals surface area contributed by atoms with Crippen LogP contribution in [0.3, 0.4) is 0 Å². The number of carbonyl (C=O) groups excluding carboxylic acids is 1. The number of nitrogens with one attached hydrogen (secondary N) is 1. The van der Waals surface area contributed by atoms with Gasteiger partial charge in [-0.1, -0.05) is 115 Å². The van der Waals surface area contributed by atoms with Crippen molar-refractivity contribution in [2.45, 2.75) is 123 Å². The molecule has 0 saturated carbocycles. The molecule has 5 heteroatoms. The summed E-state index contributed by atoms with van der Waals surface area (Å²) in [5, 5.41) is 3.02. The van der Waals surface area contributed by atoms with Gasteiger partial charge in [0, 0.05) is 37.5 Å². The molecule has 5 nitrogen and oxygen atoms in total. The number of benzene rings is 1. The Balaban J connectivity index is 1.27. The molecule has 0 radical (unpaired) electrons. The molecule has 3 aromatic rings. The van der Waals surface area contributed by atoms with E-state index in [9.17, 15) is 4.79 Å². The van der Waals surface area contributed by atoms with Gasteiger partial charge in [-0.05, 0) is 30.7 Å². The van der Waals surface area contributed by atoms with Gasteiger partial charge in [-0.3, -0.25) is 9.78 Å². The molecule has 1 aromatic carbocycles. The first-order valence-corrected chi connectivity index (χ1v) is 15.4. The van der Waals surface area contributed by atoms with Crippen LogP contribution in [0.5, 0.6) is 0 Å². The van der Waals surface area contributed by atoms with Crippen LogP contribution in [-0.4, -0.2) is 27.0 Å². The summed E-state index contributed by atoms with van der Waals surface area (Å²) in [4.78, 5) is 21.2. The van der Waals surface area contributed by atoms with Crippen molar-refractivity contribution in [1.29, 1.82) is 0 Å². The summed E-state index contributed by atoms with van der Waals surface area (Å²) in [7, 11) is 0. The highest BCUT2D eigenvalue weighted by Crippen LogP contribution is 2.19. The third-order valence-corrected chi connectivity index (χ3v) is 7.55. The molecule has 0 fully saturated rings. The lowest BCUT2D eigenvalue weighted by Gasteiger charge is -2.10. The maximum Gasteiger partial charge on any atom is 0.251 e. The molecule has 2 aromatic heterocycles. The molecule has 38 heavy (non-hydrogen) atoms. The second-order valence-electron chi connectivity index (χ2n) is 10.7. The van der Waals surface area contributed by atoms with Crippen LogP contribution in [0.15, 0.2) is 48.8 Å². The highest BCUT2D eigenvalue weighted by Gasteiger charge is 2.11. The van der Waals surface area contributed by atoms with Crippen molar-refractivity contribution in [1.82, 2.24) is 19.9 Å². The molecule has 1 amide bonds. The van der Waals surface area contributed by atoms with Gasteiger partial charge in [0.25, 0.3) is 5.91 Å². The van der Waals surface area contributed by atoms with Gasteiger partial charge in [0.1, 0.15) is 5.82 Å². The molecule has 208 valence electrons. The monoisotopic (exact) mass is 518 g/mol. The number of carbonyl (C=O) groups is 1. The molecule has 0 aliphatic heterocycles. The number of para-hydroxylation sites is 2. The van der Waals surface area contributed by atoms with Crippen LogP contribution in [0.4, 0.5) is 0 Å². The molecular formula is C33H50N4O. The topological polar surface area (TPSA) is 59.8 Å². The van der Waals surface area contributed by atoms with Crippen LogP contribution in [0.2, 0.25) is 0 Å². The summed E-state index contributed by atoms with van der Waals surface area (Å²) in [6.07, 6.45) is 26.2. The van der Waals surface area contributed by atoms with E-state index in [0.29, 0.717) is 12.1 Å². The smallest absolute Gasteiger partial charge is 0.251 e. The van der Waals surface area contributed by atoms with Crippen molar-refractivity contribution in [2.75, 3.05) is 6.54 Å². The molecule has 1 N–H and O–H groups in total. The van der Waals surface area contributed by atoms with Crippen LogP contribution in [0.1, 0.15) is 126 Å². The summed E-state index contributed by atoms with van der Waals surface area (Å²) in [6.45, 7) is 3.85. The zero-order valence-corrected chi connectivity index (χ0v) is 23.8. The van der Waals surface area contributed by atoms with Gasteiger partial charge < -0.3 is 9.88 Å². The summed E-state index contributed by atoms with van der Waals surface area (Å²) < 4.78 is 2.36. The normalized spacial score (nSPS) is 11.3. The van der Waals surface area contributed by atoms with Gasteiger partial charge in [-0.25, -0.2) is 4.98 Å². The number of hydrogen-bond acceptors (Lipinski definition) is 3. The number of aromatic nitrogens is 3. The van der Waals surface area contributed by atoms with E-state index < -0.39 is 0 Å². The standard InChI is InChI=1S/C33H50N4O/c1-2-3-4-5-6-7-8-9-10-11-12-13-14-15-16-19-28-37-31-21-18-17-20-30(31)36-32(37)24-27-35-33(38)29-22-25-34-26-23-29/h17-18,20-23,25-26H,2-16,19,24,27-28H2,1H3,(H,35,38). The van der Waals surface area contributed by atoms with E-state index in [1.165, 1.54) is 108 Å². The van der Waals surface area contributed by atoms with Crippen molar-refractivity contribution in [2.24, 2.45) is 0 Å². The Morgan fingerprint density at radius 3 is 1.89 bits per heavy atom. The van der Waals surface area contributed by atoms with Gasteiger partial charge in [-0.2, -0.15) is 0 Å². The largest absolute Gasteiger partial charge is 0.352 e. The van der Waals surface area contributed by atoms with Gasteiger partial charge in [-0.15, -0.1) is 0 Å². The molecule has 0 atom stereocenters. The molecule has 0 unspecified atom stereocenters. The molecular weight excluding hydrogens is 468 g/mol. The maximum absolute atomic E-state index is 12.4. The molecule has 0 aliphatic rings. The van der Waals surface area contributed by atoms with Crippen molar-refractivity contribution in [3.63, 3.8) is 0 Å². The lowest BCUT2D eigenvalue weighted by molar-refractivity contribution is 0.0954. The highest BCUT2D eigenvalue weighted by atomic mass is 16.1. The van der Waals surface area contributed by atoms with Crippen LogP contribution in [0, 0.1) is 0 Å². The Morgan fingerprint density at radius 1 is 0.737 bits per heavy atom. The van der Waals surface area contributed by atoms with Crippen molar-refractivity contribution in [3.8, 4) is 0 Å². The van der Waals surface area contributed by atoms with E-state index in [-0.39, 0.29) is 5.91 Å². The minimum atomic E-state index is -0.0622. The van der Waals surface area contributed by atoms with Crippen molar-refractivity contribution in [3.05, 3.63) is 60.2 Å². The number of amides is 1. The van der Waals surface area contributed by atoms with Crippen LogP contribution in [0.25, 0.3) is 11.0 Å². The van der Waals surface area contributed by atoms with E-state index in [1.54, 1.807) is 24.5 Å². The average molecular weight is 519 g/mol. The van der Waals surface area contributed by atoms with E-state index in [1.807, 2.05) is 6.07 Å². The third kappa shape index (κ3) is 11.0. The Morgan fingerprint density at radius 2 is 1.29 bits per heavy atom. The van der Waals surface area contributed by atoms with Crippen molar-refractivity contribution < 1.29 is 4.79 Å². The second-order valence-corrected chi connectivity index (χ2v) is 10.7. The number of rotatable bonds is 21. The maximum atomic E-state index is 12.4. The van der Waals surface area contributed by atoms with Crippen LogP contribution < -0.4 is 5.32 Å². The molecule has 0 spiro atoms. The fourth-order valence-electron chi connectivity index (χ4n) is 5.28. The Hall–Kier alpha value is -2.69. The number of imidazole rings is 1. The summed E-state index contributed by atoms with van der Waals surface area (Å²) in [5.74, 6) is 0.995. The molecule has 3 rings (SSSR count). The lowest BCUT2D eigenvalue weighted by atomic mass is 10.0. The predicted molar refractivity (Wildman–Crippen MR) is 160 cm³/mol. The first kappa shape index (κ1) is 29.9. The number of hydrogen-bond donors (Lipinski definition) is 1. The van der Waals surface area contributed by atoms with E-state index in [0.717, 1.165) is 24.3 Å². The predicted octanol–water partition coefficient (Wildman–Crippen LogP) is 8.67. The van der Waals surface area contributed by atoms with Crippen molar-refractivity contribution >= 4 is 16.9 Å². The number of pyridine rings is 1. The van der Waals surface area contributed by atoms with Crippen LogP contribution >= 0.6 is 0 Å². The fourth-order valence-corrected chi connectivity index (χ4v) is 5.28. The molecule has 0 bridgehead atoms. The first-order valence-electron chi connectivity index (χ1n) is 15.4. The minimum Gasteiger partial charge on any atom is -0.352 e. The lowest BCUT2D eigenvalue weighted by Crippen LogP contribution is -2.26. The van der Waals surface area contributed by atoms with Gasteiger partial charge in [0.2, 0.25) is 0 Å². The SMILES string of the molecule is CCCCCCCCCCCCCCCCCCn1c(CCNC(=O)c2ccncc2)nc2ccccc21. The Labute approximate surface area is 230 Å². The number of fused-ring (bicyclic) bond motifs is 1. The van der Waals surface area contributed by atoms with Crippen LogP contribution in [-0.2, 0) is 13.0 Å². The minimum absolute atomic E-state index is 0.0622. The fraction of sp³-hybridized carbons (Fsp3) is 0.606. The van der Waals surface area contributed by atoms with Gasteiger partial charge in [0.15, 0.2) is 0 Å². The quantitative estimate of drug-likeness (QED) is 0.144. The highest BCUT2D eigenvalue weighted by molar-refractivity contribution is 5.93. The number of unbranched alkanes of at least 4 members (excludes halogenated alkanes) is 15. The molecule has 0 aliphatic carbocycles. The molecule has 0 saturated heterocycles. The zero-order valence-electron chi connectivity index (χ0n) is 23.8. The summed E-state index contributed by atoms with van der Waals surface area (Å²) >= 11 is 0. The third-order valence-electron chi connectivity index (χ3n) is 7.55. The zero-order chi connectivity index (χ0) is 26.7. The Bertz CT molecular complexity index is 1030. The van der Waals surface area contributed by atoms with Gasteiger partial charge >= 0.3 is 0 Å². The number of aryl methyl sites for hydroxylation is 1. The van der Waals surface area contributed by atoms with E-state index in [4.69, 9.17) is 4.98 Å². The summed E-state index contributed by atoms with van der Waals surface area (Å²) in [6, 6.07) is 11.8. The molecule has 2 heterocycles. The summed E-state index contributed by atoms with van der Waals surface area (Å²) in [5.41, 5.74) is 2.88. The second kappa shape index (κ2) is 18.5. The van der Waals surface area contributed by atoms with E-state index in [2.05, 4.69) is 40.0 Å².